The summed E-state index contributed by atoms with van der Waals surface area (Å²) >= 11 is 0. The maximum atomic E-state index is 11.6. The summed E-state index contributed by atoms with van der Waals surface area (Å²) in [6.07, 6.45) is 1.42. The van der Waals surface area contributed by atoms with Crippen LogP contribution in [0.1, 0.15) is 5.56 Å². The third kappa shape index (κ3) is 4.24. The number of carbonyl (C=O) groups excluding carboxylic acids is 1. The number of nitrogens with one attached hydrogen (secondary N) is 2. The third-order valence-corrected chi connectivity index (χ3v) is 2.61. The molecule has 0 aliphatic carbocycles. The number of carbonyl (C=O) groups is 1. The second-order valence-corrected chi connectivity index (χ2v) is 4.12. The van der Waals surface area contributed by atoms with E-state index in [-0.39, 0.29) is 5.75 Å². The highest BCUT2D eigenvalue weighted by Crippen LogP contribution is 2.25. The molecular formula is C15H15N3O3. The summed E-state index contributed by atoms with van der Waals surface area (Å²) in [5, 5.41) is 16.0. The van der Waals surface area contributed by atoms with E-state index in [4.69, 9.17) is 4.74 Å². The molecule has 108 valence electrons. The van der Waals surface area contributed by atoms with Crippen LogP contribution in [0, 0.1) is 0 Å². The number of ether oxygens (including phenoxy) is 1. The van der Waals surface area contributed by atoms with Gasteiger partial charge in [-0.25, -0.2) is 10.2 Å². The van der Waals surface area contributed by atoms with E-state index < -0.39 is 6.03 Å². The second kappa shape index (κ2) is 6.95. The molecule has 0 bridgehead atoms. The zero-order valence-electron chi connectivity index (χ0n) is 11.4. The molecule has 0 aliphatic heterocycles. The van der Waals surface area contributed by atoms with Gasteiger partial charge in [0.15, 0.2) is 11.5 Å². The standard InChI is InChI=1S/C15H15N3O3/c1-21-14-8-7-11(9-13(14)19)10-16-18-15(20)17-12-5-3-2-4-6-12/h2-10,19H,1H3,(H2,17,18,20). The van der Waals surface area contributed by atoms with Crippen molar-refractivity contribution in [1.29, 1.82) is 0 Å². The number of nitrogens with zero attached hydrogens (tertiary/aromatic N) is 1. The Morgan fingerprint density at radius 1 is 1.24 bits per heavy atom. The third-order valence-electron chi connectivity index (χ3n) is 2.61. The number of hydrazone groups is 1. The molecule has 0 unspecified atom stereocenters. The Hall–Kier alpha value is -3.02. The monoisotopic (exact) mass is 285 g/mol. The highest BCUT2D eigenvalue weighted by molar-refractivity contribution is 5.90. The van der Waals surface area contributed by atoms with Crippen molar-refractivity contribution in [3.63, 3.8) is 0 Å². The molecule has 2 rings (SSSR count). The van der Waals surface area contributed by atoms with E-state index in [1.54, 1.807) is 24.3 Å². The summed E-state index contributed by atoms with van der Waals surface area (Å²) < 4.78 is 4.93. The molecule has 6 nitrogen and oxygen atoms in total. The van der Waals surface area contributed by atoms with Crippen LogP contribution >= 0.6 is 0 Å². The quantitative estimate of drug-likeness (QED) is 0.596. The molecule has 2 amide bonds. The first kappa shape index (κ1) is 14.4. The topological polar surface area (TPSA) is 83.0 Å². The number of amides is 2. The molecule has 0 spiro atoms. The summed E-state index contributed by atoms with van der Waals surface area (Å²) in [7, 11) is 1.47. The predicted molar refractivity (Wildman–Crippen MR) is 80.8 cm³/mol. The highest BCUT2D eigenvalue weighted by Gasteiger charge is 2.01. The Bertz CT molecular complexity index is 642. The van der Waals surface area contributed by atoms with Gasteiger partial charge in [-0.05, 0) is 35.9 Å². The number of para-hydroxylation sites is 1. The first-order valence-electron chi connectivity index (χ1n) is 6.21. The van der Waals surface area contributed by atoms with Gasteiger partial charge in [0.25, 0.3) is 0 Å². The molecule has 0 fully saturated rings. The zero-order chi connectivity index (χ0) is 15.1. The molecule has 0 aliphatic rings. The number of phenols is 1. The lowest BCUT2D eigenvalue weighted by atomic mass is 10.2. The summed E-state index contributed by atoms with van der Waals surface area (Å²) in [6.45, 7) is 0. The van der Waals surface area contributed by atoms with Crippen LogP contribution in [0.3, 0.4) is 0 Å². The smallest absolute Gasteiger partial charge is 0.339 e. The number of anilines is 1. The van der Waals surface area contributed by atoms with Gasteiger partial charge in [-0.15, -0.1) is 0 Å². The highest BCUT2D eigenvalue weighted by atomic mass is 16.5. The predicted octanol–water partition coefficient (Wildman–Crippen LogP) is 2.56. The minimum absolute atomic E-state index is 0.00943. The van der Waals surface area contributed by atoms with Gasteiger partial charge in [0.05, 0.1) is 13.3 Å². The first-order valence-corrected chi connectivity index (χ1v) is 6.21. The van der Waals surface area contributed by atoms with Gasteiger partial charge in [0, 0.05) is 5.69 Å². The molecule has 0 atom stereocenters. The normalized spacial score (nSPS) is 10.3. The van der Waals surface area contributed by atoms with Gasteiger partial charge in [-0.1, -0.05) is 18.2 Å². The Morgan fingerprint density at radius 2 is 2.00 bits per heavy atom. The molecule has 21 heavy (non-hydrogen) atoms. The van der Waals surface area contributed by atoms with Crippen molar-refractivity contribution in [2.75, 3.05) is 12.4 Å². The van der Waals surface area contributed by atoms with E-state index in [1.807, 2.05) is 18.2 Å². The summed E-state index contributed by atoms with van der Waals surface area (Å²) in [4.78, 5) is 11.6. The number of phenolic OH excluding ortho intramolecular Hbond substituents is 1. The molecule has 2 aromatic carbocycles. The second-order valence-electron chi connectivity index (χ2n) is 4.12. The molecule has 6 heteroatoms. The Kier molecular flexibility index (Phi) is 4.76. The molecule has 0 heterocycles. The fourth-order valence-corrected chi connectivity index (χ4v) is 1.63. The lowest BCUT2D eigenvalue weighted by Gasteiger charge is -2.04. The van der Waals surface area contributed by atoms with Crippen LogP contribution in [-0.4, -0.2) is 24.5 Å². The van der Waals surface area contributed by atoms with E-state index in [1.165, 1.54) is 19.4 Å². The minimum Gasteiger partial charge on any atom is -0.504 e. The Balaban J connectivity index is 1.90. The van der Waals surface area contributed by atoms with Crippen molar-refractivity contribution in [2.24, 2.45) is 5.10 Å². The lowest BCUT2D eigenvalue weighted by molar-refractivity contribution is 0.252. The lowest BCUT2D eigenvalue weighted by Crippen LogP contribution is -2.24. The van der Waals surface area contributed by atoms with Crippen LogP contribution in [0.4, 0.5) is 10.5 Å². The molecule has 3 N–H and O–H groups in total. The van der Waals surface area contributed by atoms with Gasteiger partial charge in [-0.2, -0.15) is 5.10 Å². The van der Waals surface area contributed by atoms with E-state index in [0.717, 1.165) is 0 Å². The molecule has 0 saturated carbocycles. The van der Waals surface area contributed by atoms with Gasteiger partial charge in [0.1, 0.15) is 0 Å². The Labute approximate surface area is 122 Å². The summed E-state index contributed by atoms with van der Waals surface area (Å²) in [5.41, 5.74) is 3.64. The maximum Gasteiger partial charge on any atom is 0.339 e. The number of aromatic hydroxyl groups is 1. The average Bonchev–Trinajstić information content (AvgIpc) is 2.48. The van der Waals surface area contributed by atoms with Crippen molar-refractivity contribution in [2.45, 2.75) is 0 Å². The number of hydrogen-bond acceptors (Lipinski definition) is 4. The van der Waals surface area contributed by atoms with Gasteiger partial charge < -0.3 is 15.2 Å². The molecule has 0 saturated heterocycles. The number of hydrogen-bond donors (Lipinski definition) is 3. The minimum atomic E-state index is -0.449. The number of methoxy groups -OCH3 is 1. The van der Waals surface area contributed by atoms with Crippen LogP contribution in [0.15, 0.2) is 53.6 Å². The molecule has 0 radical (unpaired) electrons. The zero-order valence-corrected chi connectivity index (χ0v) is 11.4. The largest absolute Gasteiger partial charge is 0.504 e. The molecule has 0 aromatic heterocycles. The van der Waals surface area contributed by atoms with Crippen LogP contribution in [0.2, 0.25) is 0 Å². The van der Waals surface area contributed by atoms with Crippen molar-refractivity contribution in [3.8, 4) is 11.5 Å². The van der Waals surface area contributed by atoms with Crippen LogP contribution in [0.25, 0.3) is 0 Å². The van der Waals surface area contributed by atoms with Gasteiger partial charge >= 0.3 is 6.03 Å². The van der Waals surface area contributed by atoms with Gasteiger partial charge in [0.2, 0.25) is 0 Å². The van der Waals surface area contributed by atoms with Crippen LogP contribution < -0.4 is 15.5 Å². The van der Waals surface area contributed by atoms with Crippen molar-refractivity contribution < 1.29 is 14.6 Å². The number of benzene rings is 2. The van der Waals surface area contributed by atoms with Gasteiger partial charge in [-0.3, -0.25) is 0 Å². The van der Waals surface area contributed by atoms with Crippen molar-refractivity contribution >= 4 is 17.9 Å². The molecule has 2 aromatic rings. The van der Waals surface area contributed by atoms with E-state index >= 15 is 0 Å². The summed E-state index contributed by atoms with van der Waals surface area (Å²) in [5.74, 6) is 0.386. The number of rotatable bonds is 4. The average molecular weight is 285 g/mol. The van der Waals surface area contributed by atoms with E-state index in [9.17, 15) is 9.90 Å². The van der Waals surface area contributed by atoms with Crippen LogP contribution in [0.5, 0.6) is 11.5 Å². The number of urea groups is 1. The fraction of sp³-hybridized carbons (Fsp3) is 0.0667. The van der Waals surface area contributed by atoms with Crippen molar-refractivity contribution in [1.82, 2.24) is 5.43 Å². The van der Waals surface area contributed by atoms with Crippen molar-refractivity contribution in [3.05, 3.63) is 54.1 Å². The first-order chi connectivity index (χ1) is 10.2. The summed E-state index contributed by atoms with van der Waals surface area (Å²) in [6, 6.07) is 13.4. The molecular weight excluding hydrogens is 270 g/mol. The van der Waals surface area contributed by atoms with E-state index in [0.29, 0.717) is 17.0 Å². The maximum absolute atomic E-state index is 11.6. The fourth-order valence-electron chi connectivity index (χ4n) is 1.63. The van der Waals surface area contributed by atoms with Crippen LogP contribution in [-0.2, 0) is 0 Å². The SMILES string of the molecule is COc1ccc(C=NNC(=O)Nc2ccccc2)cc1O. The Morgan fingerprint density at radius 3 is 2.67 bits per heavy atom. The van der Waals surface area contributed by atoms with E-state index in [2.05, 4.69) is 15.8 Å².